The molecule has 0 radical (unpaired) electrons. The highest BCUT2D eigenvalue weighted by atomic mass is 32.2. The van der Waals surface area contributed by atoms with Crippen LogP contribution in [0.25, 0.3) is 0 Å². The SMILES string of the molecule is CC(C)CSCC(=O)c1cccs1. The van der Waals surface area contributed by atoms with Crippen molar-refractivity contribution >= 4 is 28.9 Å². The fourth-order valence-electron chi connectivity index (χ4n) is 0.896. The summed E-state index contributed by atoms with van der Waals surface area (Å²) < 4.78 is 0. The lowest BCUT2D eigenvalue weighted by atomic mass is 10.3. The van der Waals surface area contributed by atoms with E-state index in [-0.39, 0.29) is 5.78 Å². The number of thioether (sulfide) groups is 1. The van der Waals surface area contributed by atoms with Crippen LogP contribution in [0.15, 0.2) is 17.5 Å². The van der Waals surface area contributed by atoms with Crippen molar-refractivity contribution in [2.24, 2.45) is 5.92 Å². The molecule has 0 amide bonds. The summed E-state index contributed by atoms with van der Waals surface area (Å²) in [6.07, 6.45) is 0. The zero-order valence-electron chi connectivity index (χ0n) is 7.95. The normalized spacial score (nSPS) is 10.7. The van der Waals surface area contributed by atoms with Crippen LogP contribution >= 0.6 is 23.1 Å². The summed E-state index contributed by atoms with van der Waals surface area (Å²) in [4.78, 5) is 12.4. The van der Waals surface area contributed by atoms with Crippen molar-refractivity contribution in [1.82, 2.24) is 0 Å². The molecular weight excluding hydrogens is 200 g/mol. The van der Waals surface area contributed by atoms with Crippen molar-refractivity contribution in [1.29, 1.82) is 0 Å². The van der Waals surface area contributed by atoms with Gasteiger partial charge in [0, 0.05) is 0 Å². The van der Waals surface area contributed by atoms with E-state index in [2.05, 4.69) is 13.8 Å². The molecule has 0 aromatic carbocycles. The molecule has 0 fully saturated rings. The third-order valence-corrected chi connectivity index (χ3v) is 3.76. The van der Waals surface area contributed by atoms with Gasteiger partial charge in [-0.15, -0.1) is 11.3 Å². The minimum atomic E-state index is 0.264. The molecule has 0 aliphatic heterocycles. The van der Waals surface area contributed by atoms with Crippen molar-refractivity contribution in [2.75, 3.05) is 11.5 Å². The van der Waals surface area contributed by atoms with Crippen LogP contribution < -0.4 is 0 Å². The summed E-state index contributed by atoms with van der Waals surface area (Å²) in [6.45, 7) is 4.34. The maximum Gasteiger partial charge on any atom is 0.182 e. The Kier molecular flexibility index (Phi) is 4.53. The van der Waals surface area contributed by atoms with Gasteiger partial charge in [0.25, 0.3) is 0 Å². The van der Waals surface area contributed by atoms with Crippen molar-refractivity contribution < 1.29 is 4.79 Å². The smallest absolute Gasteiger partial charge is 0.182 e. The fourth-order valence-corrected chi connectivity index (χ4v) is 2.58. The standard InChI is InChI=1S/C10H14OS2/c1-8(2)6-12-7-9(11)10-4-3-5-13-10/h3-5,8H,6-7H2,1-2H3. The second kappa shape index (κ2) is 5.45. The summed E-state index contributed by atoms with van der Waals surface area (Å²) in [6, 6.07) is 3.81. The maximum absolute atomic E-state index is 11.5. The molecule has 0 atom stereocenters. The van der Waals surface area contributed by atoms with Gasteiger partial charge in [-0.3, -0.25) is 4.79 Å². The van der Waals surface area contributed by atoms with Crippen molar-refractivity contribution in [3.8, 4) is 0 Å². The first-order valence-corrected chi connectivity index (χ1v) is 6.38. The van der Waals surface area contributed by atoms with E-state index in [1.165, 1.54) is 11.3 Å². The van der Waals surface area contributed by atoms with Crippen LogP contribution in [-0.4, -0.2) is 17.3 Å². The van der Waals surface area contributed by atoms with Crippen LogP contribution in [-0.2, 0) is 0 Å². The quantitative estimate of drug-likeness (QED) is 0.699. The topological polar surface area (TPSA) is 17.1 Å². The number of rotatable bonds is 5. The average Bonchev–Trinajstić information content (AvgIpc) is 2.55. The molecule has 3 heteroatoms. The Hall–Kier alpha value is -0.280. The summed E-state index contributed by atoms with van der Waals surface area (Å²) in [7, 11) is 0. The molecular formula is C10H14OS2. The number of hydrogen-bond donors (Lipinski definition) is 0. The lowest BCUT2D eigenvalue weighted by molar-refractivity contribution is 0.102. The molecule has 1 rings (SSSR count). The lowest BCUT2D eigenvalue weighted by Crippen LogP contribution is -2.02. The molecule has 0 bridgehead atoms. The second-order valence-electron chi connectivity index (χ2n) is 3.31. The van der Waals surface area contributed by atoms with E-state index < -0.39 is 0 Å². The largest absolute Gasteiger partial charge is 0.292 e. The average molecular weight is 214 g/mol. The third kappa shape index (κ3) is 3.96. The van der Waals surface area contributed by atoms with Crippen LogP contribution in [0.2, 0.25) is 0 Å². The maximum atomic E-state index is 11.5. The fraction of sp³-hybridized carbons (Fsp3) is 0.500. The molecule has 0 saturated carbocycles. The molecule has 0 aliphatic rings. The van der Waals surface area contributed by atoms with Gasteiger partial charge in [0.05, 0.1) is 10.6 Å². The van der Waals surface area contributed by atoms with E-state index in [9.17, 15) is 4.79 Å². The van der Waals surface area contributed by atoms with Crippen LogP contribution in [0, 0.1) is 5.92 Å². The summed E-state index contributed by atoms with van der Waals surface area (Å²) in [5.41, 5.74) is 0. The number of carbonyl (C=O) groups excluding carboxylic acids is 1. The van der Waals surface area contributed by atoms with Gasteiger partial charge >= 0.3 is 0 Å². The van der Waals surface area contributed by atoms with Crippen molar-refractivity contribution in [2.45, 2.75) is 13.8 Å². The van der Waals surface area contributed by atoms with Gasteiger partial charge in [-0.2, -0.15) is 11.8 Å². The number of ketones is 1. The first kappa shape index (κ1) is 10.8. The Morgan fingerprint density at radius 3 is 2.92 bits per heavy atom. The Morgan fingerprint density at radius 2 is 2.38 bits per heavy atom. The van der Waals surface area contributed by atoms with E-state index in [0.717, 1.165) is 10.6 Å². The molecule has 13 heavy (non-hydrogen) atoms. The molecule has 1 aromatic rings. The first-order chi connectivity index (χ1) is 6.20. The molecule has 1 nitrogen and oxygen atoms in total. The molecule has 0 saturated heterocycles. The van der Waals surface area contributed by atoms with Gasteiger partial charge in [-0.25, -0.2) is 0 Å². The summed E-state index contributed by atoms with van der Waals surface area (Å²) in [5, 5.41) is 1.94. The van der Waals surface area contributed by atoms with E-state index in [0.29, 0.717) is 11.7 Å². The lowest BCUT2D eigenvalue weighted by Gasteiger charge is -2.02. The number of thiophene rings is 1. The zero-order chi connectivity index (χ0) is 9.68. The summed E-state index contributed by atoms with van der Waals surface area (Å²) in [5.74, 6) is 2.62. The number of Topliss-reactive ketones (excluding diaryl/α,β-unsaturated/α-hetero) is 1. The van der Waals surface area contributed by atoms with Crippen LogP contribution in [0.5, 0.6) is 0 Å². The molecule has 0 aliphatic carbocycles. The Bertz CT molecular complexity index is 252. The monoisotopic (exact) mass is 214 g/mol. The minimum absolute atomic E-state index is 0.264. The van der Waals surface area contributed by atoms with E-state index in [1.54, 1.807) is 11.8 Å². The molecule has 0 N–H and O–H groups in total. The Labute approximate surface area is 87.5 Å². The van der Waals surface area contributed by atoms with Crippen LogP contribution in [0.1, 0.15) is 23.5 Å². The predicted molar refractivity (Wildman–Crippen MR) is 60.8 cm³/mol. The van der Waals surface area contributed by atoms with E-state index >= 15 is 0 Å². The van der Waals surface area contributed by atoms with Gasteiger partial charge in [0.15, 0.2) is 5.78 Å². The van der Waals surface area contributed by atoms with E-state index in [4.69, 9.17) is 0 Å². The van der Waals surface area contributed by atoms with Gasteiger partial charge in [-0.05, 0) is 23.1 Å². The zero-order valence-corrected chi connectivity index (χ0v) is 9.58. The van der Waals surface area contributed by atoms with Gasteiger partial charge in [0.1, 0.15) is 0 Å². The highest BCUT2D eigenvalue weighted by Gasteiger charge is 2.06. The Balaban J connectivity index is 2.27. The third-order valence-electron chi connectivity index (χ3n) is 1.48. The molecule has 72 valence electrons. The van der Waals surface area contributed by atoms with Gasteiger partial charge in [-0.1, -0.05) is 19.9 Å². The van der Waals surface area contributed by atoms with E-state index in [1.807, 2.05) is 17.5 Å². The first-order valence-electron chi connectivity index (χ1n) is 4.34. The van der Waals surface area contributed by atoms with Crippen molar-refractivity contribution in [3.63, 3.8) is 0 Å². The minimum Gasteiger partial charge on any atom is -0.292 e. The number of carbonyl (C=O) groups is 1. The number of hydrogen-bond acceptors (Lipinski definition) is 3. The molecule has 0 spiro atoms. The highest BCUT2D eigenvalue weighted by Crippen LogP contribution is 2.14. The molecule has 1 heterocycles. The van der Waals surface area contributed by atoms with Crippen molar-refractivity contribution in [3.05, 3.63) is 22.4 Å². The van der Waals surface area contributed by atoms with Gasteiger partial charge in [0.2, 0.25) is 0 Å². The predicted octanol–water partition coefficient (Wildman–Crippen LogP) is 3.32. The summed E-state index contributed by atoms with van der Waals surface area (Å²) >= 11 is 3.25. The molecule has 0 unspecified atom stereocenters. The van der Waals surface area contributed by atoms with Crippen LogP contribution in [0.3, 0.4) is 0 Å². The highest BCUT2D eigenvalue weighted by molar-refractivity contribution is 8.00. The van der Waals surface area contributed by atoms with Crippen LogP contribution in [0.4, 0.5) is 0 Å². The van der Waals surface area contributed by atoms with Gasteiger partial charge < -0.3 is 0 Å². The Morgan fingerprint density at radius 1 is 1.62 bits per heavy atom. The molecule has 1 aromatic heterocycles. The second-order valence-corrected chi connectivity index (χ2v) is 5.29.